The molecule has 1 heterocycles. The molecule has 0 spiro atoms. The molecule has 1 aliphatic heterocycles. The van der Waals surface area contributed by atoms with Crippen LogP contribution in [-0.4, -0.2) is 4.92 Å². The van der Waals surface area contributed by atoms with Gasteiger partial charge in [-0.3, -0.25) is 10.1 Å². The molecule has 1 unspecified atom stereocenters. The largest absolute Gasteiger partial charge is 0.373 e. The summed E-state index contributed by atoms with van der Waals surface area (Å²) in [7, 11) is 0. The summed E-state index contributed by atoms with van der Waals surface area (Å²) >= 11 is 6.22. The molecule has 0 amide bonds. The van der Waals surface area contributed by atoms with Crippen LogP contribution in [-0.2, 0) is 0 Å². The van der Waals surface area contributed by atoms with Crippen molar-refractivity contribution >= 4 is 28.7 Å². The van der Waals surface area contributed by atoms with Crippen molar-refractivity contribution in [1.82, 2.24) is 0 Å². The minimum absolute atomic E-state index is 0.0379. The highest BCUT2D eigenvalue weighted by Crippen LogP contribution is 2.47. The molecule has 0 aromatic heterocycles. The van der Waals surface area contributed by atoms with Crippen LogP contribution in [0.1, 0.15) is 44.7 Å². The lowest BCUT2D eigenvalue weighted by Gasteiger charge is -2.35. The molecule has 27 heavy (non-hydrogen) atoms. The van der Waals surface area contributed by atoms with Crippen molar-refractivity contribution in [1.29, 1.82) is 0 Å². The number of nitro benzene ring substituents is 1. The molecule has 6 heteroatoms. The molecule has 2 aliphatic rings. The first kappa shape index (κ1) is 17.9. The monoisotopic (exact) mass is 383 g/mol. The molecule has 1 aliphatic carbocycles. The van der Waals surface area contributed by atoms with Gasteiger partial charge in [0.2, 0.25) is 0 Å². The van der Waals surface area contributed by atoms with Crippen molar-refractivity contribution in [2.45, 2.75) is 39.2 Å². The van der Waals surface area contributed by atoms with Gasteiger partial charge in [-0.15, -0.1) is 0 Å². The molecular weight excluding hydrogens is 362 g/mol. The Kier molecular flexibility index (Phi) is 4.35. The van der Waals surface area contributed by atoms with Crippen molar-refractivity contribution in [2.75, 3.05) is 10.6 Å². The molecule has 0 saturated carbocycles. The van der Waals surface area contributed by atoms with Gasteiger partial charge in [0.1, 0.15) is 0 Å². The van der Waals surface area contributed by atoms with Crippen LogP contribution >= 0.6 is 11.6 Å². The maximum atomic E-state index is 11.0. The average Bonchev–Trinajstić information content (AvgIpc) is 2.76. The smallest absolute Gasteiger partial charge is 0.269 e. The van der Waals surface area contributed by atoms with E-state index in [4.69, 9.17) is 11.6 Å². The van der Waals surface area contributed by atoms with Crippen LogP contribution < -0.4 is 10.6 Å². The predicted octanol–water partition coefficient (Wildman–Crippen LogP) is 6.29. The fraction of sp³-hybridized carbons (Fsp3) is 0.333. The van der Waals surface area contributed by atoms with Crippen LogP contribution in [0.4, 0.5) is 17.1 Å². The van der Waals surface area contributed by atoms with Crippen LogP contribution in [0.15, 0.2) is 53.7 Å². The Morgan fingerprint density at radius 2 is 1.89 bits per heavy atom. The van der Waals surface area contributed by atoms with Gasteiger partial charge in [0.25, 0.3) is 5.69 Å². The highest BCUT2D eigenvalue weighted by molar-refractivity contribution is 6.31. The maximum Gasteiger partial charge on any atom is 0.269 e. The number of allylic oxidation sites excluding steroid dienone is 1. The van der Waals surface area contributed by atoms with Crippen molar-refractivity contribution < 1.29 is 4.92 Å². The van der Waals surface area contributed by atoms with E-state index in [1.807, 2.05) is 30.3 Å². The number of non-ortho nitro benzene ring substituents is 1. The third kappa shape index (κ3) is 3.52. The topological polar surface area (TPSA) is 67.2 Å². The highest BCUT2D eigenvalue weighted by atomic mass is 35.5. The van der Waals surface area contributed by atoms with E-state index in [1.165, 1.54) is 11.3 Å². The van der Waals surface area contributed by atoms with Crippen LogP contribution in [0.5, 0.6) is 0 Å². The number of nitro groups is 1. The van der Waals surface area contributed by atoms with E-state index in [0.717, 1.165) is 36.2 Å². The summed E-state index contributed by atoms with van der Waals surface area (Å²) in [6.45, 7) is 4.58. The van der Waals surface area contributed by atoms with Gasteiger partial charge >= 0.3 is 0 Å². The summed E-state index contributed by atoms with van der Waals surface area (Å²) in [5.41, 5.74) is 5.86. The molecule has 2 aromatic carbocycles. The number of halogens is 1. The predicted molar refractivity (Wildman–Crippen MR) is 109 cm³/mol. The van der Waals surface area contributed by atoms with E-state index in [0.29, 0.717) is 5.02 Å². The minimum atomic E-state index is -0.366. The number of rotatable bonds is 2. The Bertz CT molecular complexity index is 935. The second kappa shape index (κ2) is 6.57. The number of nitrogens with one attached hydrogen (secondary N) is 2. The fourth-order valence-electron chi connectivity index (χ4n) is 3.97. The first-order chi connectivity index (χ1) is 12.8. The van der Waals surface area contributed by atoms with E-state index in [-0.39, 0.29) is 22.1 Å². The molecule has 2 aromatic rings. The van der Waals surface area contributed by atoms with Crippen LogP contribution in [0.2, 0.25) is 5.02 Å². The summed E-state index contributed by atoms with van der Waals surface area (Å²) in [6.07, 6.45) is 3.05. The van der Waals surface area contributed by atoms with Gasteiger partial charge in [-0.2, -0.15) is 0 Å². The molecule has 0 bridgehead atoms. The average molecular weight is 384 g/mol. The van der Waals surface area contributed by atoms with E-state index in [1.54, 1.807) is 12.1 Å². The maximum absolute atomic E-state index is 11.0. The Morgan fingerprint density at radius 1 is 1.15 bits per heavy atom. The minimum Gasteiger partial charge on any atom is -0.373 e. The van der Waals surface area contributed by atoms with Gasteiger partial charge in [-0.25, -0.2) is 0 Å². The molecule has 2 N–H and O–H groups in total. The third-order valence-corrected chi connectivity index (χ3v) is 5.70. The lowest BCUT2D eigenvalue weighted by Crippen LogP contribution is -2.24. The van der Waals surface area contributed by atoms with E-state index >= 15 is 0 Å². The molecular formula is C21H22ClN3O2. The Balaban J connectivity index is 1.80. The van der Waals surface area contributed by atoms with Gasteiger partial charge in [0.05, 0.1) is 22.3 Å². The van der Waals surface area contributed by atoms with Crippen LogP contribution in [0.25, 0.3) is 0 Å². The summed E-state index contributed by atoms with van der Waals surface area (Å²) in [5.74, 6) is 0. The van der Waals surface area contributed by atoms with E-state index in [2.05, 4.69) is 24.5 Å². The zero-order valence-electron chi connectivity index (χ0n) is 15.4. The summed E-state index contributed by atoms with van der Waals surface area (Å²) < 4.78 is 0. The number of nitrogens with zero attached hydrogens (tertiary/aromatic N) is 1. The molecule has 0 radical (unpaired) electrons. The second-order valence-electron chi connectivity index (χ2n) is 8.09. The van der Waals surface area contributed by atoms with Gasteiger partial charge in [-0.05, 0) is 66.1 Å². The molecule has 1 atom stereocenters. The SMILES string of the molecule is CC1(C)CCC2=C(C1)Nc1ccc(Cl)cc1NC2c1ccc([N+](=O)[O-])cc1. The van der Waals surface area contributed by atoms with Gasteiger partial charge in [-0.1, -0.05) is 25.4 Å². The Morgan fingerprint density at radius 3 is 2.59 bits per heavy atom. The van der Waals surface area contributed by atoms with Crippen molar-refractivity contribution in [3.05, 3.63) is 74.4 Å². The van der Waals surface area contributed by atoms with Crippen LogP contribution in [0, 0.1) is 15.5 Å². The lowest BCUT2D eigenvalue weighted by atomic mass is 9.74. The summed E-state index contributed by atoms with van der Waals surface area (Å²) in [6, 6.07) is 12.6. The number of hydrogen-bond acceptors (Lipinski definition) is 4. The van der Waals surface area contributed by atoms with Crippen molar-refractivity contribution in [2.24, 2.45) is 5.41 Å². The van der Waals surface area contributed by atoms with Gasteiger partial charge in [0, 0.05) is 22.9 Å². The summed E-state index contributed by atoms with van der Waals surface area (Å²) in [5, 5.41) is 18.9. The fourth-order valence-corrected chi connectivity index (χ4v) is 4.14. The standard InChI is InChI=1S/C21H22ClN3O2/c1-21(2)10-9-16-19(12-21)23-17-8-5-14(22)11-18(17)24-20(16)13-3-6-15(7-4-13)25(26)27/h3-8,11,20,23-24H,9-10,12H2,1-2H3. The molecule has 4 rings (SSSR count). The molecule has 0 saturated heterocycles. The normalized spacial score (nSPS) is 20.6. The number of benzene rings is 2. The van der Waals surface area contributed by atoms with Gasteiger partial charge in [0.15, 0.2) is 0 Å². The molecule has 0 fully saturated rings. The van der Waals surface area contributed by atoms with E-state index in [9.17, 15) is 10.1 Å². The van der Waals surface area contributed by atoms with Gasteiger partial charge < -0.3 is 10.6 Å². The molecule has 140 valence electrons. The third-order valence-electron chi connectivity index (χ3n) is 5.47. The van der Waals surface area contributed by atoms with Crippen molar-refractivity contribution in [3.8, 4) is 0 Å². The lowest BCUT2D eigenvalue weighted by molar-refractivity contribution is -0.384. The van der Waals surface area contributed by atoms with Crippen molar-refractivity contribution in [3.63, 3.8) is 0 Å². The van der Waals surface area contributed by atoms with Crippen LogP contribution in [0.3, 0.4) is 0 Å². The number of anilines is 2. The highest BCUT2D eigenvalue weighted by Gasteiger charge is 2.33. The number of hydrogen-bond donors (Lipinski definition) is 2. The summed E-state index contributed by atoms with van der Waals surface area (Å²) in [4.78, 5) is 10.6. The first-order valence-electron chi connectivity index (χ1n) is 9.12. The first-order valence-corrected chi connectivity index (χ1v) is 9.50. The number of fused-ring (bicyclic) bond motifs is 1. The zero-order valence-corrected chi connectivity index (χ0v) is 16.1. The van der Waals surface area contributed by atoms with E-state index < -0.39 is 0 Å². The Hall–Kier alpha value is -2.53. The Labute approximate surface area is 163 Å². The second-order valence-corrected chi connectivity index (χ2v) is 8.52. The zero-order chi connectivity index (χ0) is 19.2. The molecule has 5 nitrogen and oxygen atoms in total. The quantitative estimate of drug-likeness (QED) is 0.472.